The molecule has 1 aliphatic rings. The number of carbonyl (C=O) groups is 3. The van der Waals surface area contributed by atoms with Crippen LogP contribution in [0.2, 0.25) is 5.02 Å². The van der Waals surface area contributed by atoms with E-state index in [1.165, 1.54) is 4.90 Å². The van der Waals surface area contributed by atoms with E-state index < -0.39 is 0 Å². The minimum Gasteiger partial charge on any atom is -0.333 e. The number of hydrogen-bond acceptors (Lipinski definition) is 3. The molecule has 160 valence electrons. The van der Waals surface area contributed by atoms with E-state index >= 15 is 0 Å². The molecule has 0 aliphatic carbocycles. The number of unbranched alkanes of at least 4 members (excludes halogenated alkanes) is 1. The summed E-state index contributed by atoms with van der Waals surface area (Å²) in [6.07, 6.45) is 4.47. The van der Waals surface area contributed by atoms with Gasteiger partial charge in [0.05, 0.1) is 6.54 Å². The predicted octanol–water partition coefficient (Wildman–Crippen LogP) is 3.93. The van der Waals surface area contributed by atoms with Crippen molar-refractivity contribution in [2.24, 2.45) is 5.92 Å². The zero-order valence-corrected chi connectivity index (χ0v) is 18.5. The fourth-order valence-corrected chi connectivity index (χ4v) is 3.78. The van der Waals surface area contributed by atoms with Crippen molar-refractivity contribution < 1.29 is 14.4 Å². The van der Waals surface area contributed by atoms with Crippen molar-refractivity contribution in [1.82, 2.24) is 9.80 Å². The minimum absolute atomic E-state index is 0.0198. The lowest BCUT2D eigenvalue weighted by Crippen LogP contribution is -2.45. The minimum atomic E-state index is -0.199. The summed E-state index contributed by atoms with van der Waals surface area (Å²) < 4.78 is 0. The molecule has 6 nitrogen and oxygen atoms in total. The van der Waals surface area contributed by atoms with E-state index in [2.05, 4.69) is 6.92 Å². The first kappa shape index (κ1) is 23.2. The van der Waals surface area contributed by atoms with Crippen LogP contribution in [-0.4, -0.2) is 53.8 Å². The third-order valence-electron chi connectivity index (χ3n) is 5.29. The van der Waals surface area contributed by atoms with Crippen molar-refractivity contribution in [2.75, 3.05) is 31.2 Å². The Labute approximate surface area is 178 Å². The fraction of sp³-hybridized carbons (Fsp3) is 0.591. The van der Waals surface area contributed by atoms with Crippen LogP contribution >= 0.6 is 11.6 Å². The average Bonchev–Trinajstić information content (AvgIpc) is 3.10. The zero-order valence-electron chi connectivity index (χ0n) is 17.7. The summed E-state index contributed by atoms with van der Waals surface area (Å²) in [7, 11) is 0. The van der Waals surface area contributed by atoms with Crippen LogP contribution in [0, 0.1) is 5.92 Å². The highest BCUT2D eigenvalue weighted by Crippen LogP contribution is 2.23. The van der Waals surface area contributed by atoms with Gasteiger partial charge in [-0.2, -0.15) is 0 Å². The molecule has 0 bridgehead atoms. The molecule has 0 spiro atoms. The van der Waals surface area contributed by atoms with Gasteiger partial charge in [-0.3, -0.25) is 19.3 Å². The Balaban J connectivity index is 2.04. The molecule has 0 radical (unpaired) electrons. The Morgan fingerprint density at radius 3 is 2.59 bits per heavy atom. The van der Waals surface area contributed by atoms with Crippen molar-refractivity contribution >= 4 is 35.0 Å². The maximum Gasteiger partial charge on any atom is 0.248 e. The Kier molecular flexibility index (Phi) is 8.96. The molecule has 0 unspecified atom stereocenters. The number of benzene rings is 1. The second-order valence-corrected chi connectivity index (χ2v) is 7.98. The number of rotatable bonds is 10. The first-order chi connectivity index (χ1) is 13.9. The molecule has 1 fully saturated rings. The zero-order chi connectivity index (χ0) is 21.4. The molecule has 0 aromatic heterocycles. The van der Waals surface area contributed by atoms with E-state index in [1.54, 1.807) is 34.1 Å². The molecule has 1 heterocycles. The second kappa shape index (κ2) is 11.2. The summed E-state index contributed by atoms with van der Waals surface area (Å²) in [6.45, 7) is 6.90. The Morgan fingerprint density at radius 2 is 1.97 bits per heavy atom. The van der Waals surface area contributed by atoms with E-state index in [0.29, 0.717) is 17.3 Å². The van der Waals surface area contributed by atoms with Gasteiger partial charge in [0.2, 0.25) is 17.7 Å². The predicted molar refractivity (Wildman–Crippen MR) is 116 cm³/mol. The first-order valence-electron chi connectivity index (χ1n) is 10.5. The largest absolute Gasteiger partial charge is 0.333 e. The Morgan fingerprint density at radius 1 is 1.21 bits per heavy atom. The highest BCUT2D eigenvalue weighted by Gasteiger charge is 2.33. The van der Waals surface area contributed by atoms with Gasteiger partial charge in [0.1, 0.15) is 13.2 Å². The van der Waals surface area contributed by atoms with Gasteiger partial charge in [0.15, 0.2) is 0 Å². The monoisotopic (exact) mass is 421 g/mol. The molecule has 1 aromatic rings. The topological polar surface area (TPSA) is 60.9 Å². The summed E-state index contributed by atoms with van der Waals surface area (Å²) in [5.74, 6) is -0.343. The van der Waals surface area contributed by atoms with Crippen molar-refractivity contribution in [2.45, 2.75) is 52.9 Å². The summed E-state index contributed by atoms with van der Waals surface area (Å²) in [4.78, 5) is 43.0. The van der Waals surface area contributed by atoms with Gasteiger partial charge in [-0.15, -0.1) is 0 Å². The van der Waals surface area contributed by atoms with Gasteiger partial charge < -0.3 is 9.80 Å². The van der Waals surface area contributed by atoms with Gasteiger partial charge >= 0.3 is 0 Å². The summed E-state index contributed by atoms with van der Waals surface area (Å²) >= 11 is 6.03. The van der Waals surface area contributed by atoms with Crippen molar-refractivity contribution in [3.8, 4) is 0 Å². The van der Waals surface area contributed by atoms with Crippen molar-refractivity contribution in [3.63, 3.8) is 0 Å². The molecule has 0 saturated carbocycles. The maximum absolute atomic E-state index is 13.0. The molecular formula is C22H32ClN3O3. The molecule has 7 heteroatoms. The van der Waals surface area contributed by atoms with Gasteiger partial charge in [0, 0.05) is 23.2 Å². The highest BCUT2D eigenvalue weighted by molar-refractivity contribution is 6.31. The van der Waals surface area contributed by atoms with E-state index in [9.17, 15) is 14.4 Å². The Hall–Kier alpha value is -2.08. The third kappa shape index (κ3) is 6.20. The normalized spacial score (nSPS) is 15.0. The van der Waals surface area contributed by atoms with E-state index in [4.69, 9.17) is 11.6 Å². The van der Waals surface area contributed by atoms with Crippen LogP contribution in [0.5, 0.6) is 0 Å². The van der Waals surface area contributed by atoms with E-state index in [1.807, 2.05) is 13.8 Å². The first-order valence-corrected chi connectivity index (χ1v) is 10.9. The molecule has 1 saturated heterocycles. The smallest absolute Gasteiger partial charge is 0.248 e. The SMILES string of the molecule is CCCC[C@H](CC)C(=O)N(CCC)CC(=O)N1CC(=O)N(c2cccc(Cl)c2)C1. The van der Waals surface area contributed by atoms with Crippen LogP contribution in [0.3, 0.4) is 0 Å². The fourth-order valence-electron chi connectivity index (χ4n) is 3.60. The second-order valence-electron chi connectivity index (χ2n) is 7.54. The molecule has 2 rings (SSSR count). The molecule has 1 atom stereocenters. The standard InChI is InChI=1S/C22H32ClN3O3/c1-4-7-9-17(6-3)22(29)24(12-5-2)14-20(27)25-15-21(28)26(16-25)19-11-8-10-18(23)13-19/h8,10-11,13,17H,4-7,9,12,14-16H2,1-3H3/t17-/m0/s1. The van der Waals surface area contributed by atoms with Crippen LogP contribution in [0.1, 0.15) is 52.9 Å². The lowest BCUT2D eigenvalue weighted by molar-refractivity contribution is -0.143. The van der Waals surface area contributed by atoms with Crippen LogP contribution in [0.25, 0.3) is 0 Å². The lowest BCUT2D eigenvalue weighted by Gasteiger charge is -2.28. The summed E-state index contributed by atoms with van der Waals surface area (Å²) in [5, 5.41) is 0.539. The molecule has 3 amide bonds. The highest BCUT2D eigenvalue weighted by atomic mass is 35.5. The summed E-state index contributed by atoms with van der Waals surface area (Å²) in [5.41, 5.74) is 0.671. The quantitative estimate of drug-likeness (QED) is 0.575. The van der Waals surface area contributed by atoms with E-state index in [0.717, 1.165) is 32.1 Å². The van der Waals surface area contributed by atoms with Gasteiger partial charge in [-0.25, -0.2) is 0 Å². The van der Waals surface area contributed by atoms with Crippen LogP contribution in [0.4, 0.5) is 5.69 Å². The molecule has 1 aromatic carbocycles. The number of nitrogens with zero attached hydrogens (tertiary/aromatic N) is 3. The molecule has 0 N–H and O–H groups in total. The lowest BCUT2D eigenvalue weighted by atomic mass is 9.97. The van der Waals surface area contributed by atoms with Crippen molar-refractivity contribution in [1.29, 1.82) is 0 Å². The molecule has 29 heavy (non-hydrogen) atoms. The van der Waals surface area contributed by atoms with E-state index in [-0.39, 0.29) is 43.4 Å². The summed E-state index contributed by atoms with van der Waals surface area (Å²) in [6, 6.07) is 7.02. The number of halogens is 1. The molecule has 1 aliphatic heterocycles. The Bertz CT molecular complexity index is 725. The van der Waals surface area contributed by atoms with Crippen LogP contribution in [-0.2, 0) is 14.4 Å². The van der Waals surface area contributed by atoms with Crippen molar-refractivity contribution in [3.05, 3.63) is 29.3 Å². The van der Waals surface area contributed by atoms with Gasteiger partial charge in [-0.1, -0.05) is 51.3 Å². The third-order valence-corrected chi connectivity index (χ3v) is 5.53. The number of anilines is 1. The molecular weight excluding hydrogens is 390 g/mol. The number of hydrogen-bond donors (Lipinski definition) is 0. The van der Waals surface area contributed by atoms with Gasteiger partial charge in [-0.05, 0) is 37.5 Å². The number of carbonyl (C=O) groups excluding carboxylic acids is 3. The maximum atomic E-state index is 13.0. The van der Waals surface area contributed by atoms with Crippen LogP contribution < -0.4 is 4.90 Å². The number of amides is 3. The van der Waals surface area contributed by atoms with Gasteiger partial charge in [0.25, 0.3) is 0 Å². The average molecular weight is 422 g/mol. The van der Waals surface area contributed by atoms with Crippen LogP contribution in [0.15, 0.2) is 24.3 Å².